The molecule has 2 aromatic rings. The van der Waals surface area contributed by atoms with Gasteiger partial charge in [0.2, 0.25) is 0 Å². The number of hydrogen-bond donors (Lipinski definition) is 2. The van der Waals surface area contributed by atoms with Crippen LogP contribution in [0.1, 0.15) is 11.3 Å². The minimum absolute atomic E-state index is 0.220. The van der Waals surface area contributed by atoms with Crippen molar-refractivity contribution in [3.8, 4) is 6.07 Å². The van der Waals surface area contributed by atoms with Gasteiger partial charge < -0.3 is 11.1 Å². The zero-order valence-corrected chi connectivity index (χ0v) is 10.8. The van der Waals surface area contributed by atoms with E-state index in [0.29, 0.717) is 31.0 Å². The summed E-state index contributed by atoms with van der Waals surface area (Å²) < 4.78 is 1.32. The summed E-state index contributed by atoms with van der Waals surface area (Å²) in [6.07, 6.45) is 3.11. The van der Waals surface area contributed by atoms with E-state index in [0.717, 1.165) is 5.56 Å². The third-order valence-electron chi connectivity index (χ3n) is 2.61. The lowest BCUT2D eigenvalue weighted by Crippen LogP contribution is -2.24. The third kappa shape index (κ3) is 3.40. The molecule has 0 aliphatic heterocycles. The molecule has 7 heteroatoms. The lowest BCUT2D eigenvalue weighted by molar-refractivity contribution is 0.639. The van der Waals surface area contributed by atoms with Crippen LogP contribution in [0.2, 0.25) is 0 Å². The maximum atomic E-state index is 11.9. The number of rotatable bonds is 5. The molecule has 0 unspecified atom stereocenters. The maximum Gasteiger partial charge on any atom is 0.269 e. The number of nitriles is 1. The Morgan fingerprint density at radius 2 is 2.30 bits per heavy atom. The number of aromatic nitrogens is 3. The Morgan fingerprint density at radius 1 is 1.45 bits per heavy atom. The fraction of sp³-hybridized carbons (Fsp3) is 0.231. The molecule has 0 saturated heterocycles. The molecule has 0 fully saturated rings. The van der Waals surface area contributed by atoms with E-state index in [1.165, 1.54) is 16.9 Å². The molecule has 0 radical (unpaired) electrons. The van der Waals surface area contributed by atoms with Gasteiger partial charge >= 0.3 is 0 Å². The summed E-state index contributed by atoms with van der Waals surface area (Å²) in [5.74, 6) is 0. The number of nitrogens with two attached hydrogens (primary N) is 1. The standard InChI is InChI=1S/C13H14N6O/c14-2-4-17-12-6-13(20)19(18-8-12)9-10-1-3-16-11(5-10)7-15/h1,3,5-6,8,17H,2,4,9,14H2. The molecule has 0 spiro atoms. The number of nitrogens with one attached hydrogen (secondary N) is 1. The summed E-state index contributed by atoms with van der Waals surface area (Å²) >= 11 is 0. The largest absolute Gasteiger partial charge is 0.382 e. The van der Waals surface area contributed by atoms with E-state index in [-0.39, 0.29) is 5.56 Å². The van der Waals surface area contributed by atoms with Crippen molar-refractivity contribution in [2.24, 2.45) is 5.73 Å². The van der Waals surface area contributed by atoms with Crippen molar-refractivity contribution < 1.29 is 0 Å². The van der Waals surface area contributed by atoms with Gasteiger partial charge in [-0.3, -0.25) is 4.79 Å². The van der Waals surface area contributed by atoms with Crippen LogP contribution in [0.4, 0.5) is 5.69 Å². The van der Waals surface area contributed by atoms with E-state index in [1.807, 2.05) is 6.07 Å². The zero-order valence-electron chi connectivity index (χ0n) is 10.8. The van der Waals surface area contributed by atoms with Crippen LogP contribution in [0.5, 0.6) is 0 Å². The van der Waals surface area contributed by atoms with E-state index < -0.39 is 0 Å². The molecular weight excluding hydrogens is 256 g/mol. The summed E-state index contributed by atoms with van der Waals surface area (Å²) in [5, 5.41) is 15.9. The highest BCUT2D eigenvalue weighted by atomic mass is 16.1. The molecule has 0 aliphatic carbocycles. The molecule has 0 aliphatic rings. The first-order valence-corrected chi connectivity index (χ1v) is 6.09. The van der Waals surface area contributed by atoms with E-state index >= 15 is 0 Å². The molecule has 7 nitrogen and oxygen atoms in total. The van der Waals surface area contributed by atoms with Crippen LogP contribution in [-0.2, 0) is 6.54 Å². The van der Waals surface area contributed by atoms with Crippen LogP contribution in [0.15, 0.2) is 35.4 Å². The second-order valence-corrected chi connectivity index (χ2v) is 4.12. The lowest BCUT2D eigenvalue weighted by Gasteiger charge is -2.07. The summed E-state index contributed by atoms with van der Waals surface area (Å²) in [5.41, 5.74) is 6.91. The molecule has 2 aromatic heterocycles. The van der Waals surface area contributed by atoms with Gasteiger partial charge in [-0.2, -0.15) is 10.4 Å². The predicted octanol–water partition coefficient (Wildman–Crippen LogP) is -0.0711. The Hall–Kier alpha value is -2.72. The minimum Gasteiger partial charge on any atom is -0.382 e. The van der Waals surface area contributed by atoms with E-state index in [4.69, 9.17) is 11.0 Å². The van der Waals surface area contributed by atoms with Crippen molar-refractivity contribution in [2.75, 3.05) is 18.4 Å². The highest BCUT2D eigenvalue weighted by molar-refractivity contribution is 5.38. The van der Waals surface area contributed by atoms with Crippen LogP contribution in [-0.4, -0.2) is 27.9 Å². The van der Waals surface area contributed by atoms with Gasteiger partial charge in [-0.05, 0) is 17.7 Å². The smallest absolute Gasteiger partial charge is 0.269 e. The van der Waals surface area contributed by atoms with Crippen molar-refractivity contribution >= 4 is 5.69 Å². The molecule has 0 aromatic carbocycles. The van der Waals surface area contributed by atoms with Crippen LogP contribution < -0.4 is 16.6 Å². The Labute approximate surface area is 115 Å². The molecule has 2 rings (SSSR count). The van der Waals surface area contributed by atoms with Crippen molar-refractivity contribution in [2.45, 2.75) is 6.54 Å². The second-order valence-electron chi connectivity index (χ2n) is 4.12. The third-order valence-corrected chi connectivity index (χ3v) is 2.61. The SMILES string of the molecule is N#Cc1cc(Cn2ncc(NCCN)cc2=O)ccn1. The molecule has 3 N–H and O–H groups in total. The molecule has 0 saturated carbocycles. The summed E-state index contributed by atoms with van der Waals surface area (Å²) in [7, 11) is 0. The van der Waals surface area contributed by atoms with Crippen LogP contribution in [0.3, 0.4) is 0 Å². The van der Waals surface area contributed by atoms with E-state index in [2.05, 4.69) is 15.4 Å². The van der Waals surface area contributed by atoms with E-state index in [9.17, 15) is 4.79 Å². The molecule has 20 heavy (non-hydrogen) atoms. The fourth-order valence-corrected chi connectivity index (χ4v) is 1.67. The van der Waals surface area contributed by atoms with Crippen molar-refractivity contribution in [3.05, 3.63) is 52.2 Å². The van der Waals surface area contributed by atoms with Crippen molar-refractivity contribution in [1.82, 2.24) is 14.8 Å². The maximum absolute atomic E-state index is 11.9. The quantitative estimate of drug-likeness (QED) is 0.787. The average Bonchev–Trinajstić information content (AvgIpc) is 2.48. The first-order valence-electron chi connectivity index (χ1n) is 6.09. The number of nitrogens with zero attached hydrogens (tertiary/aromatic N) is 4. The topological polar surface area (TPSA) is 110 Å². The molecule has 102 valence electrons. The first kappa shape index (κ1) is 13.7. The predicted molar refractivity (Wildman–Crippen MR) is 74.1 cm³/mol. The Kier molecular flexibility index (Phi) is 4.42. The van der Waals surface area contributed by atoms with Gasteiger partial charge in [0.25, 0.3) is 5.56 Å². The zero-order chi connectivity index (χ0) is 14.4. The Balaban J connectivity index is 2.17. The number of hydrogen-bond acceptors (Lipinski definition) is 6. The monoisotopic (exact) mass is 270 g/mol. The Bertz CT molecular complexity index is 688. The van der Waals surface area contributed by atoms with Gasteiger partial charge in [-0.15, -0.1) is 0 Å². The van der Waals surface area contributed by atoms with Crippen molar-refractivity contribution in [1.29, 1.82) is 5.26 Å². The van der Waals surface area contributed by atoms with Crippen LogP contribution in [0.25, 0.3) is 0 Å². The molecule has 2 heterocycles. The van der Waals surface area contributed by atoms with Crippen LogP contribution >= 0.6 is 0 Å². The number of anilines is 1. The van der Waals surface area contributed by atoms with Gasteiger partial charge in [-0.1, -0.05) is 0 Å². The summed E-state index contributed by atoms with van der Waals surface area (Å²) in [6.45, 7) is 1.37. The molecule has 0 atom stereocenters. The summed E-state index contributed by atoms with van der Waals surface area (Å²) in [6, 6.07) is 6.81. The lowest BCUT2D eigenvalue weighted by atomic mass is 10.2. The van der Waals surface area contributed by atoms with Gasteiger partial charge in [0, 0.05) is 25.4 Å². The summed E-state index contributed by atoms with van der Waals surface area (Å²) in [4.78, 5) is 15.8. The second kappa shape index (κ2) is 6.45. The average molecular weight is 270 g/mol. The minimum atomic E-state index is -0.220. The van der Waals surface area contributed by atoms with Gasteiger partial charge in [0.05, 0.1) is 18.4 Å². The molecular formula is C13H14N6O. The Morgan fingerprint density at radius 3 is 3.00 bits per heavy atom. The molecule has 0 bridgehead atoms. The van der Waals surface area contributed by atoms with Gasteiger partial charge in [-0.25, -0.2) is 9.67 Å². The number of pyridine rings is 1. The van der Waals surface area contributed by atoms with Gasteiger partial charge in [0.15, 0.2) is 0 Å². The normalized spacial score (nSPS) is 10.0. The highest BCUT2D eigenvalue weighted by Crippen LogP contribution is 2.03. The van der Waals surface area contributed by atoms with Crippen molar-refractivity contribution in [3.63, 3.8) is 0 Å². The first-order chi connectivity index (χ1) is 9.72. The fourth-order valence-electron chi connectivity index (χ4n) is 1.67. The highest BCUT2D eigenvalue weighted by Gasteiger charge is 2.02. The van der Waals surface area contributed by atoms with E-state index in [1.54, 1.807) is 18.3 Å². The van der Waals surface area contributed by atoms with Gasteiger partial charge in [0.1, 0.15) is 11.8 Å². The molecule has 0 amide bonds. The van der Waals surface area contributed by atoms with Crippen LogP contribution in [0, 0.1) is 11.3 Å².